The van der Waals surface area contributed by atoms with Gasteiger partial charge in [-0.25, -0.2) is 0 Å². The number of aryl methyl sites for hydroxylation is 1. The van der Waals surface area contributed by atoms with E-state index in [9.17, 15) is 0 Å². The molecule has 0 spiro atoms. The molecule has 0 saturated heterocycles. The Hall–Kier alpha value is -2.86. The van der Waals surface area contributed by atoms with Gasteiger partial charge in [0.15, 0.2) is 5.75 Å². The maximum absolute atomic E-state index is 5.98. The topological polar surface area (TPSA) is 43.0 Å². The average molecular weight is 433 g/mol. The Labute approximate surface area is 190 Å². The van der Waals surface area contributed by atoms with E-state index in [0.717, 1.165) is 43.7 Å². The Morgan fingerprint density at radius 3 is 2.38 bits per heavy atom. The summed E-state index contributed by atoms with van der Waals surface area (Å²) in [5, 5.41) is 5.27. The van der Waals surface area contributed by atoms with Crippen LogP contribution in [0, 0.1) is 0 Å². The predicted octanol–water partition coefficient (Wildman–Crippen LogP) is 4.91. The van der Waals surface area contributed by atoms with Crippen molar-refractivity contribution in [3.63, 3.8) is 0 Å². The molecule has 1 N–H and O–H groups in total. The highest BCUT2D eigenvalue weighted by atomic mass is 16.9. The Balaban J connectivity index is 1.28. The summed E-state index contributed by atoms with van der Waals surface area (Å²) in [6.07, 6.45) is 4.04. The summed E-state index contributed by atoms with van der Waals surface area (Å²) in [6.45, 7) is 1.61. The zero-order valence-electron chi connectivity index (χ0n) is 18.9. The van der Waals surface area contributed by atoms with Gasteiger partial charge in [0.2, 0.25) is 0 Å². The van der Waals surface area contributed by atoms with E-state index in [2.05, 4.69) is 53.8 Å². The zero-order valence-corrected chi connectivity index (χ0v) is 18.9. The summed E-state index contributed by atoms with van der Waals surface area (Å²) in [4.78, 5) is 11.4. The van der Waals surface area contributed by atoms with Crippen LogP contribution in [-0.4, -0.2) is 32.5 Å². The Kier molecular flexibility index (Phi) is 7.77. The van der Waals surface area contributed by atoms with Crippen molar-refractivity contribution in [2.75, 3.05) is 27.3 Å². The molecule has 5 nitrogen and oxygen atoms in total. The molecular weight excluding hydrogens is 400 g/mol. The van der Waals surface area contributed by atoms with Crippen LogP contribution in [0.5, 0.6) is 11.5 Å². The second-order valence-electron chi connectivity index (χ2n) is 8.07. The number of rotatable bonds is 11. The number of benzene rings is 3. The second kappa shape index (κ2) is 11.1. The van der Waals surface area contributed by atoms with Crippen LogP contribution in [0.3, 0.4) is 0 Å². The third kappa shape index (κ3) is 5.88. The summed E-state index contributed by atoms with van der Waals surface area (Å²) in [6, 6.07) is 25.4. The van der Waals surface area contributed by atoms with E-state index in [1.165, 1.54) is 22.3 Å². The first kappa shape index (κ1) is 22.3. The molecule has 0 saturated carbocycles. The molecule has 3 aromatic rings. The Morgan fingerprint density at radius 2 is 1.62 bits per heavy atom. The molecule has 1 unspecified atom stereocenters. The summed E-state index contributed by atoms with van der Waals surface area (Å²) in [5.41, 5.74) is 5.30. The average Bonchev–Trinajstić information content (AvgIpc) is 3.25. The minimum atomic E-state index is 0.397. The Morgan fingerprint density at radius 1 is 0.875 bits per heavy atom. The lowest BCUT2D eigenvalue weighted by Crippen LogP contribution is -2.28. The van der Waals surface area contributed by atoms with Crippen LogP contribution in [0.15, 0.2) is 72.8 Å². The smallest absolute Gasteiger partial charge is 0.150 e. The fraction of sp³-hybridized carbons (Fsp3) is 0.333. The highest BCUT2D eigenvalue weighted by molar-refractivity contribution is 5.40. The number of hydrogen-bond acceptors (Lipinski definition) is 5. The molecule has 3 aromatic carbocycles. The van der Waals surface area contributed by atoms with E-state index in [1.807, 2.05) is 24.3 Å². The lowest BCUT2D eigenvalue weighted by atomic mass is 10.1. The first-order valence-corrected chi connectivity index (χ1v) is 11.3. The van der Waals surface area contributed by atoms with Crippen LogP contribution in [0.4, 0.5) is 0 Å². The molecule has 1 aliphatic rings. The maximum atomic E-state index is 5.98. The van der Waals surface area contributed by atoms with Crippen molar-refractivity contribution in [1.29, 1.82) is 0 Å². The van der Waals surface area contributed by atoms with Gasteiger partial charge in [-0.1, -0.05) is 48.5 Å². The lowest BCUT2D eigenvalue weighted by Gasteiger charge is -2.20. The van der Waals surface area contributed by atoms with E-state index in [4.69, 9.17) is 14.4 Å². The van der Waals surface area contributed by atoms with E-state index in [1.54, 1.807) is 19.4 Å². The normalized spacial score (nSPS) is 15.0. The van der Waals surface area contributed by atoms with Gasteiger partial charge >= 0.3 is 0 Å². The summed E-state index contributed by atoms with van der Waals surface area (Å²) < 4.78 is 5.23. The van der Waals surface area contributed by atoms with Gasteiger partial charge in [0.05, 0.1) is 20.8 Å². The van der Waals surface area contributed by atoms with Crippen molar-refractivity contribution in [2.45, 2.75) is 31.7 Å². The van der Waals surface area contributed by atoms with Crippen molar-refractivity contribution in [2.24, 2.45) is 0 Å². The van der Waals surface area contributed by atoms with Gasteiger partial charge in [0.25, 0.3) is 0 Å². The molecule has 0 aromatic heterocycles. The molecule has 4 rings (SSSR count). The monoisotopic (exact) mass is 432 g/mol. The van der Waals surface area contributed by atoms with Crippen molar-refractivity contribution in [1.82, 2.24) is 10.5 Å². The maximum Gasteiger partial charge on any atom is 0.150 e. The molecule has 1 aliphatic carbocycles. The molecule has 168 valence electrons. The Bertz CT molecular complexity index is 976. The first-order chi connectivity index (χ1) is 15.7. The van der Waals surface area contributed by atoms with Crippen LogP contribution in [0.1, 0.15) is 34.7 Å². The third-order valence-electron chi connectivity index (χ3n) is 5.99. The minimum Gasteiger partial charge on any atom is -0.497 e. The number of nitrogens with zero attached hydrogens (tertiary/aromatic N) is 1. The van der Waals surface area contributed by atoms with Crippen LogP contribution in [-0.2, 0) is 24.1 Å². The quantitative estimate of drug-likeness (QED) is 0.436. The molecule has 0 heterocycles. The van der Waals surface area contributed by atoms with Crippen molar-refractivity contribution >= 4 is 0 Å². The molecule has 0 aliphatic heterocycles. The van der Waals surface area contributed by atoms with Crippen molar-refractivity contribution < 1.29 is 14.4 Å². The molecule has 0 radical (unpaired) electrons. The number of nitrogens with one attached hydrogen (secondary N) is 1. The lowest BCUT2D eigenvalue weighted by molar-refractivity contribution is -0.301. The largest absolute Gasteiger partial charge is 0.497 e. The van der Waals surface area contributed by atoms with E-state index >= 15 is 0 Å². The molecule has 5 heteroatoms. The standard InChI is InChI=1S/C27H32N2O3/c1-30-24-11-8-22(9-12-24)16-18-28-27-15-10-23-20-25(13-14-26(23)27)32-29(31-2)19-17-21-6-4-3-5-7-21/h3-9,11-14,20,27-28H,10,15-19H2,1-2H3. The summed E-state index contributed by atoms with van der Waals surface area (Å²) in [5.74, 6) is 1.72. The van der Waals surface area contributed by atoms with Gasteiger partial charge in [-0.15, -0.1) is 0 Å². The SMILES string of the molecule is COc1ccc(CCNC2CCc3cc(ON(CCc4ccccc4)OC)ccc32)cc1. The van der Waals surface area contributed by atoms with Gasteiger partial charge in [-0.05, 0) is 84.0 Å². The summed E-state index contributed by atoms with van der Waals surface area (Å²) >= 11 is 0. The van der Waals surface area contributed by atoms with E-state index < -0.39 is 0 Å². The molecular formula is C27H32N2O3. The van der Waals surface area contributed by atoms with Gasteiger partial charge in [0, 0.05) is 6.04 Å². The number of hydrogen-bond donors (Lipinski definition) is 1. The van der Waals surface area contributed by atoms with Gasteiger partial charge in [0.1, 0.15) is 5.75 Å². The van der Waals surface area contributed by atoms with Gasteiger partial charge in [-0.2, -0.15) is 0 Å². The number of hydroxylamine groups is 2. The van der Waals surface area contributed by atoms with Crippen LogP contribution >= 0.6 is 0 Å². The first-order valence-electron chi connectivity index (χ1n) is 11.3. The minimum absolute atomic E-state index is 0.397. The van der Waals surface area contributed by atoms with Crippen LogP contribution < -0.4 is 14.9 Å². The van der Waals surface area contributed by atoms with Crippen LogP contribution in [0.2, 0.25) is 0 Å². The van der Waals surface area contributed by atoms with E-state index in [-0.39, 0.29) is 0 Å². The summed E-state index contributed by atoms with van der Waals surface area (Å²) in [7, 11) is 3.34. The number of methoxy groups -OCH3 is 1. The van der Waals surface area contributed by atoms with Crippen molar-refractivity contribution in [3.05, 3.63) is 95.1 Å². The highest BCUT2D eigenvalue weighted by Gasteiger charge is 2.22. The predicted molar refractivity (Wildman–Crippen MR) is 127 cm³/mol. The molecule has 0 amide bonds. The molecule has 1 atom stereocenters. The second-order valence-corrected chi connectivity index (χ2v) is 8.07. The molecule has 0 fully saturated rings. The third-order valence-corrected chi connectivity index (χ3v) is 5.99. The fourth-order valence-corrected chi connectivity index (χ4v) is 4.20. The van der Waals surface area contributed by atoms with E-state index in [0.29, 0.717) is 12.6 Å². The zero-order chi connectivity index (χ0) is 22.2. The van der Waals surface area contributed by atoms with Gasteiger partial charge < -0.3 is 14.9 Å². The highest BCUT2D eigenvalue weighted by Crippen LogP contribution is 2.33. The number of fused-ring (bicyclic) bond motifs is 1. The van der Waals surface area contributed by atoms with Crippen molar-refractivity contribution in [3.8, 4) is 11.5 Å². The molecule has 0 bridgehead atoms. The van der Waals surface area contributed by atoms with Crippen LogP contribution in [0.25, 0.3) is 0 Å². The van der Waals surface area contributed by atoms with Gasteiger partial charge in [-0.3, -0.25) is 4.84 Å². The fourth-order valence-electron chi connectivity index (χ4n) is 4.20. The molecule has 32 heavy (non-hydrogen) atoms. The number of ether oxygens (including phenoxy) is 1.